The van der Waals surface area contributed by atoms with Crippen LogP contribution in [0.5, 0.6) is 0 Å². The van der Waals surface area contributed by atoms with Gasteiger partial charge in [0.2, 0.25) is 5.91 Å². The van der Waals surface area contributed by atoms with Gasteiger partial charge in [0, 0.05) is 31.5 Å². The second-order valence-electron chi connectivity index (χ2n) is 4.70. The Kier molecular flexibility index (Phi) is 4.26. The SMILES string of the molecule is CNC(=O)c1ccc(NC(=O)c2cc(C(N)=O)cn2C)cc1. The van der Waals surface area contributed by atoms with Crippen molar-refractivity contribution in [2.24, 2.45) is 12.8 Å². The molecule has 0 atom stereocenters. The number of carbonyl (C=O) groups excluding carboxylic acids is 3. The third-order valence-corrected chi connectivity index (χ3v) is 3.15. The molecule has 2 rings (SSSR count). The van der Waals surface area contributed by atoms with Crippen LogP contribution in [0.2, 0.25) is 0 Å². The molecule has 0 radical (unpaired) electrons. The molecule has 7 nitrogen and oxygen atoms in total. The molecule has 2 aromatic rings. The van der Waals surface area contributed by atoms with Crippen molar-refractivity contribution in [3.05, 3.63) is 53.3 Å². The van der Waals surface area contributed by atoms with Gasteiger partial charge in [-0.1, -0.05) is 0 Å². The van der Waals surface area contributed by atoms with E-state index in [1.54, 1.807) is 38.4 Å². The summed E-state index contributed by atoms with van der Waals surface area (Å²) in [6.45, 7) is 0. The van der Waals surface area contributed by atoms with Gasteiger partial charge in [-0.15, -0.1) is 0 Å². The highest BCUT2D eigenvalue weighted by atomic mass is 16.2. The van der Waals surface area contributed by atoms with Crippen LogP contribution in [0.1, 0.15) is 31.2 Å². The molecular formula is C15H16N4O3. The van der Waals surface area contributed by atoms with Crippen LogP contribution in [-0.4, -0.2) is 29.3 Å². The van der Waals surface area contributed by atoms with Crippen LogP contribution >= 0.6 is 0 Å². The van der Waals surface area contributed by atoms with Crippen molar-refractivity contribution in [1.29, 1.82) is 0 Å². The molecule has 0 aliphatic rings. The van der Waals surface area contributed by atoms with Gasteiger partial charge in [-0.05, 0) is 30.3 Å². The van der Waals surface area contributed by atoms with Gasteiger partial charge >= 0.3 is 0 Å². The Hall–Kier alpha value is -3.09. The standard InChI is InChI=1S/C15H16N4O3/c1-17-14(21)9-3-5-11(6-4-9)18-15(22)12-7-10(13(16)20)8-19(12)2/h3-8H,1-2H3,(H2,16,20)(H,17,21)(H,18,22). The highest BCUT2D eigenvalue weighted by molar-refractivity contribution is 6.05. The maximum atomic E-state index is 12.2. The maximum absolute atomic E-state index is 12.2. The topological polar surface area (TPSA) is 106 Å². The third-order valence-electron chi connectivity index (χ3n) is 3.15. The second kappa shape index (κ2) is 6.13. The summed E-state index contributed by atoms with van der Waals surface area (Å²) in [6.07, 6.45) is 1.49. The van der Waals surface area contributed by atoms with Crippen LogP contribution in [-0.2, 0) is 7.05 Å². The quantitative estimate of drug-likeness (QED) is 0.775. The number of benzene rings is 1. The number of nitrogens with one attached hydrogen (secondary N) is 2. The zero-order valence-corrected chi connectivity index (χ0v) is 12.2. The molecule has 0 aliphatic heterocycles. The average molecular weight is 300 g/mol. The molecule has 1 heterocycles. The Labute approximate surface area is 127 Å². The lowest BCUT2D eigenvalue weighted by molar-refractivity contribution is 0.0961. The summed E-state index contributed by atoms with van der Waals surface area (Å²) in [5.74, 6) is -1.17. The summed E-state index contributed by atoms with van der Waals surface area (Å²) >= 11 is 0. The number of amides is 3. The fourth-order valence-corrected chi connectivity index (χ4v) is 1.97. The Morgan fingerprint density at radius 1 is 1.05 bits per heavy atom. The number of rotatable bonds is 4. The van der Waals surface area contributed by atoms with E-state index in [9.17, 15) is 14.4 Å². The molecule has 4 N–H and O–H groups in total. The number of primary amides is 1. The molecule has 0 fully saturated rings. The molecule has 114 valence electrons. The minimum absolute atomic E-state index is 0.202. The molecule has 0 aliphatic carbocycles. The van der Waals surface area contributed by atoms with Crippen molar-refractivity contribution in [2.45, 2.75) is 0 Å². The molecule has 0 spiro atoms. The molecule has 0 saturated carbocycles. The summed E-state index contributed by atoms with van der Waals surface area (Å²) in [7, 11) is 3.19. The first-order valence-electron chi connectivity index (χ1n) is 6.52. The molecule has 1 aromatic carbocycles. The number of nitrogens with two attached hydrogens (primary N) is 1. The predicted molar refractivity (Wildman–Crippen MR) is 81.7 cm³/mol. The van der Waals surface area contributed by atoms with Gasteiger partial charge in [-0.2, -0.15) is 0 Å². The summed E-state index contributed by atoms with van der Waals surface area (Å²) in [5.41, 5.74) is 6.80. The van der Waals surface area contributed by atoms with Gasteiger partial charge in [0.1, 0.15) is 5.69 Å². The van der Waals surface area contributed by atoms with Crippen LogP contribution in [0.4, 0.5) is 5.69 Å². The summed E-state index contributed by atoms with van der Waals surface area (Å²) in [6, 6.07) is 7.89. The Morgan fingerprint density at radius 3 is 2.18 bits per heavy atom. The van der Waals surface area contributed by atoms with E-state index in [-0.39, 0.29) is 17.4 Å². The molecule has 22 heavy (non-hydrogen) atoms. The maximum Gasteiger partial charge on any atom is 0.272 e. The van der Waals surface area contributed by atoms with E-state index in [2.05, 4.69) is 10.6 Å². The molecule has 3 amide bonds. The van der Waals surface area contributed by atoms with Gasteiger partial charge in [-0.25, -0.2) is 0 Å². The fourth-order valence-electron chi connectivity index (χ4n) is 1.97. The number of hydrogen-bond donors (Lipinski definition) is 3. The van der Waals surface area contributed by atoms with E-state index in [1.807, 2.05) is 0 Å². The highest BCUT2D eigenvalue weighted by Crippen LogP contribution is 2.13. The van der Waals surface area contributed by atoms with E-state index < -0.39 is 5.91 Å². The van der Waals surface area contributed by atoms with Gasteiger partial charge in [0.15, 0.2) is 0 Å². The van der Waals surface area contributed by atoms with Crippen LogP contribution in [0.25, 0.3) is 0 Å². The van der Waals surface area contributed by atoms with E-state index in [1.165, 1.54) is 16.8 Å². The molecule has 0 bridgehead atoms. The predicted octanol–water partition coefficient (Wildman–Crippen LogP) is 0.736. The Balaban J connectivity index is 2.15. The first kappa shape index (κ1) is 15.3. The van der Waals surface area contributed by atoms with Crippen LogP contribution in [0.15, 0.2) is 36.5 Å². The van der Waals surface area contributed by atoms with Gasteiger partial charge < -0.3 is 20.9 Å². The number of aryl methyl sites for hydroxylation is 1. The van der Waals surface area contributed by atoms with Crippen LogP contribution < -0.4 is 16.4 Å². The smallest absolute Gasteiger partial charge is 0.272 e. The number of aromatic nitrogens is 1. The molecule has 0 unspecified atom stereocenters. The lowest BCUT2D eigenvalue weighted by atomic mass is 10.2. The molecule has 7 heteroatoms. The summed E-state index contributed by atoms with van der Waals surface area (Å²) < 4.78 is 1.52. The Morgan fingerprint density at radius 2 is 1.68 bits per heavy atom. The van der Waals surface area contributed by atoms with Gasteiger partial charge in [0.25, 0.3) is 11.8 Å². The first-order valence-corrected chi connectivity index (χ1v) is 6.52. The normalized spacial score (nSPS) is 10.1. The van der Waals surface area contributed by atoms with Gasteiger partial charge in [0.05, 0.1) is 5.56 Å². The number of hydrogen-bond acceptors (Lipinski definition) is 3. The lowest BCUT2D eigenvalue weighted by Gasteiger charge is -2.07. The highest BCUT2D eigenvalue weighted by Gasteiger charge is 2.14. The summed E-state index contributed by atoms with van der Waals surface area (Å²) in [5, 5.41) is 5.21. The average Bonchev–Trinajstić information content (AvgIpc) is 2.89. The minimum Gasteiger partial charge on any atom is -0.366 e. The van der Waals surface area contributed by atoms with Gasteiger partial charge in [-0.3, -0.25) is 14.4 Å². The van der Waals surface area contributed by atoms with Crippen LogP contribution in [0.3, 0.4) is 0 Å². The zero-order valence-electron chi connectivity index (χ0n) is 12.2. The third kappa shape index (κ3) is 3.14. The number of nitrogens with zero attached hydrogens (tertiary/aromatic N) is 1. The fraction of sp³-hybridized carbons (Fsp3) is 0.133. The molecular weight excluding hydrogens is 284 g/mol. The minimum atomic E-state index is -0.593. The van der Waals surface area contributed by atoms with Crippen molar-refractivity contribution in [3.63, 3.8) is 0 Å². The van der Waals surface area contributed by atoms with E-state index in [0.29, 0.717) is 16.9 Å². The van der Waals surface area contributed by atoms with Crippen LogP contribution in [0, 0.1) is 0 Å². The first-order chi connectivity index (χ1) is 10.4. The number of carbonyl (C=O) groups is 3. The van der Waals surface area contributed by atoms with E-state index in [0.717, 1.165) is 0 Å². The van der Waals surface area contributed by atoms with Crippen molar-refractivity contribution >= 4 is 23.4 Å². The van der Waals surface area contributed by atoms with E-state index in [4.69, 9.17) is 5.73 Å². The molecule has 1 aromatic heterocycles. The monoisotopic (exact) mass is 300 g/mol. The largest absolute Gasteiger partial charge is 0.366 e. The van der Waals surface area contributed by atoms with Crippen molar-refractivity contribution in [2.75, 3.05) is 12.4 Å². The van der Waals surface area contributed by atoms with Crippen molar-refractivity contribution in [3.8, 4) is 0 Å². The van der Waals surface area contributed by atoms with Crippen molar-refractivity contribution < 1.29 is 14.4 Å². The van der Waals surface area contributed by atoms with E-state index >= 15 is 0 Å². The van der Waals surface area contributed by atoms with Crippen molar-refractivity contribution in [1.82, 2.24) is 9.88 Å². The summed E-state index contributed by atoms with van der Waals surface area (Å²) in [4.78, 5) is 34.7. The number of anilines is 1. The molecule has 0 saturated heterocycles. The Bertz CT molecular complexity index is 732. The lowest BCUT2D eigenvalue weighted by Crippen LogP contribution is -2.18. The second-order valence-corrected chi connectivity index (χ2v) is 4.70. The zero-order chi connectivity index (χ0) is 16.3.